The van der Waals surface area contributed by atoms with E-state index in [1.807, 2.05) is 30.3 Å². The van der Waals surface area contributed by atoms with Crippen LogP contribution in [0.15, 0.2) is 71.3 Å². The standard InChI is InChI=1S/C26H24BrF4N3O/c27-20-8-9-22(33-16-20)25(15-17-6-2-1-3-7-17,24(34-23(32)35)10-4-5-11-24)18-12-19(26(29,30)31)14-21(28)13-18/h1-3,6-9,12-14,16H,4-5,10-11,15H2,(H3,32,34,35). The molecule has 1 aromatic heterocycles. The topological polar surface area (TPSA) is 68.0 Å². The van der Waals surface area contributed by atoms with Gasteiger partial charge in [-0.1, -0.05) is 43.2 Å². The molecule has 1 aliphatic rings. The molecular formula is C26H24BrF4N3O. The lowest BCUT2D eigenvalue weighted by Gasteiger charge is -2.49. The van der Waals surface area contributed by atoms with Crippen LogP contribution >= 0.6 is 15.9 Å². The Bertz CT molecular complexity index is 1200. The molecule has 3 aromatic rings. The van der Waals surface area contributed by atoms with Crippen molar-refractivity contribution in [1.82, 2.24) is 10.3 Å². The number of hydrogen-bond acceptors (Lipinski definition) is 2. The highest BCUT2D eigenvalue weighted by Gasteiger charge is 2.56. The van der Waals surface area contributed by atoms with Gasteiger partial charge in [0.25, 0.3) is 0 Å². The third-order valence-electron chi connectivity index (χ3n) is 6.83. The first-order chi connectivity index (χ1) is 16.6. The van der Waals surface area contributed by atoms with E-state index in [9.17, 15) is 22.4 Å². The van der Waals surface area contributed by atoms with Gasteiger partial charge in [0.1, 0.15) is 5.82 Å². The first-order valence-corrected chi connectivity index (χ1v) is 12.0. The molecule has 0 aliphatic heterocycles. The molecule has 3 N–H and O–H groups in total. The van der Waals surface area contributed by atoms with E-state index in [1.54, 1.807) is 18.3 Å². The maximum atomic E-state index is 14.8. The normalized spacial score (nSPS) is 17.1. The van der Waals surface area contributed by atoms with Gasteiger partial charge in [-0.25, -0.2) is 9.18 Å². The minimum absolute atomic E-state index is 0.0825. The van der Waals surface area contributed by atoms with E-state index in [1.165, 1.54) is 0 Å². The number of nitrogens with zero attached hydrogens (tertiary/aromatic N) is 1. The SMILES string of the molecule is NC(=O)NC1(C(Cc2ccccc2)(c2cc(F)cc(C(F)(F)F)c2)c2ccc(Br)cn2)CCCC1. The van der Waals surface area contributed by atoms with Crippen LogP contribution in [0.2, 0.25) is 0 Å². The number of nitrogens with one attached hydrogen (secondary N) is 1. The summed E-state index contributed by atoms with van der Waals surface area (Å²) in [5.74, 6) is -1.02. The van der Waals surface area contributed by atoms with Gasteiger partial charge in [-0.15, -0.1) is 0 Å². The number of carbonyl (C=O) groups excluding carboxylic acids is 1. The Morgan fingerprint density at radius 2 is 1.69 bits per heavy atom. The van der Waals surface area contributed by atoms with Gasteiger partial charge in [0.2, 0.25) is 0 Å². The Balaban J connectivity index is 2.11. The van der Waals surface area contributed by atoms with Crippen molar-refractivity contribution in [3.05, 3.63) is 99.5 Å². The van der Waals surface area contributed by atoms with Gasteiger partial charge in [-0.3, -0.25) is 4.98 Å². The second-order valence-corrected chi connectivity index (χ2v) is 9.85. The molecule has 9 heteroatoms. The van der Waals surface area contributed by atoms with E-state index in [2.05, 4.69) is 26.2 Å². The van der Waals surface area contributed by atoms with Gasteiger partial charge in [-0.05, 0) is 76.7 Å². The largest absolute Gasteiger partial charge is 0.416 e. The van der Waals surface area contributed by atoms with Crippen LogP contribution in [0, 0.1) is 5.82 Å². The smallest absolute Gasteiger partial charge is 0.352 e. The maximum Gasteiger partial charge on any atom is 0.416 e. The minimum Gasteiger partial charge on any atom is -0.352 e. The van der Waals surface area contributed by atoms with Crippen LogP contribution in [0.25, 0.3) is 0 Å². The number of primary amides is 1. The second-order valence-electron chi connectivity index (χ2n) is 8.93. The van der Waals surface area contributed by atoms with Crippen LogP contribution in [0.4, 0.5) is 22.4 Å². The zero-order valence-electron chi connectivity index (χ0n) is 18.7. The van der Waals surface area contributed by atoms with Crippen molar-refractivity contribution < 1.29 is 22.4 Å². The van der Waals surface area contributed by atoms with Crippen molar-refractivity contribution >= 4 is 22.0 Å². The zero-order valence-corrected chi connectivity index (χ0v) is 20.3. The summed E-state index contributed by atoms with van der Waals surface area (Å²) in [6.07, 6.45) is -0.724. The quantitative estimate of drug-likeness (QED) is 0.344. The highest BCUT2D eigenvalue weighted by Crippen LogP contribution is 2.52. The van der Waals surface area contributed by atoms with Crippen LogP contribution in [-0.2, 0) is 18.0 Å². The zero-order chi connectivity index (χ0) is 25.3. The number of benzene rings is 2. The molecule has 1 unspecified atom stereocenters. The average molecular weight is 550 g/mol. The van der Waals surface area contributed by atoms with Crippen LogP contribution in [0.3, 0.4) is 0 Å². The fourth-order valence-electron chi connectivity index (χ4n) is 5.43. The van der Waals surface area contributed by atoms with Crippen molar-refractivity contribution in [3.8, 4) is 0 Å². The molecule has 4 rings (SSSR count). The number of pyridine rings is 1. The molecule has 0 radical (unpaired) electrons. The van der Waals surface area contributed by atoms with E-state index in [-0.39, 0.29) is 12.0 Å². The van der Waals surface area contributed by atoms with Crippen LogP contribution in [-0.4, -0.2) is 16.6 Å². The van der Waals surface area contributed by atoms with E-state index >= 15 is 0 Å². The van der Waals surface area contributed by atoms with Crippen LogP contribution in [0.1, 0.15) is 48.1 Å². The Hall–Kier alpha value is -2.94. The summed E-state index contributed by atoms with van der Waals surface area (Å²) in [6.45, 7) is 0. The van der Waals surface area contributed by atoms with Crippen LogP contribution in [0.5, 0.6) is 0 Å². The molecule has 0 bridgehead atoms. The van der Waals surface area contributed by atoms with Crippen molar-refractivity contribution in [2.45, 2.75) is 49.2 Å². The number of alkyl halides is 3. The van der Waals surface area contributed by atoms with Crippen molar-refractivity contribution in [3.63, 3.8) is 0 Å². The van der Waals surface area contributed by atoms with Gasteiger partial charge in [0, 0.05) is 10.7 Å². The summed E-state index contributed by atoms with van der Waals surface area (Å²) >= 11 is 3.36. The van der Waals surface area contributed by atoms with Crippen molar-refractivity contribution in [1.29, 1.82) is 0 Å². The number of hydrogen-bond donors (Lipinski definition) is 2. The molecule has 184 valence electrons. The van der Waals surface area contributed by atoms with E-state index in [4.69, 9.17) is 5.73 Å². The van der Waals surface area contributed by atoms with Crippen molar-refractivity contribution in [2.75, 3.05) is 0 Å². The lowest BCUT2D eigenvalue weighted by atomic mass is 9.59. The third-order valence-corrected chi connectivity index (χ3v) is 7.30. The third kappa shape index (κ3) is 4.91. The monoisotopic (exact) mass is 549 g/mol. The molecule has 2 amide bonds. The number of aromatic nitrogens is 1. The number of rotatable bonds is 6. The summed E-state index contributed by atoms with van der Waals surface area (Å²) in [7, 11) is 0. The van der Waals surface area contributed by atoms with E-state index < -0.39 is 34.5 Å². The fraction of sp³-hybridized carbons (Fsp3) is 0.308. The number of carbonyl (C=O) groups is 1. The average Bonchev–Trinajstić information content (AvgIpc) is 3.27. The molecular weight excluding hydrogens is 526 g/mol. The Kier molecular flexibility index (Phi) is 6.90. The predicted octanol–water partition coefficient (Wildman–Crippen LogP) is 6.51. The molecule has 2 aromatic carbocycles. The predicted molar refractivity (Wildman–Crippen MR) is 128 cm³/mol. The molecule has 0 saturated heterocycles. The van der Waals surface area contributed by atoms with E-state index in [0.717, 1.165) is 30.5 Å². The minimum atomic E-state index is -4.76. The lowest BCUT2D eigenvalue weighted by Crippen LogP contribution is -2.63. The Labute approximate surface area is 209 Å². The Morgan fingerprint density at radius 3 is 2.26 bits per heavy atom. The molecule has 1 heterocycles. The summed E-state index contributed by atoms with van der Waals surface area (Å²) in [5.41, 5.74) is 3.38. The van der Waals surface area contributed by atoms with Gasteiger partial charge >= 0.3 is 12.2 Å². The molecule has 35 heavy (non-hydrogen) atoms. The first-order valence-electron chi connectivity index (χ1n) is 11.2. The summed E-state index contributed by atoms with van der Waals surface area (Å²) < 4.78 is 57.0. The van der Waals surface area contributed by atoms with Gasteiger partial charge in [0.15, 0.2) is 0 Å². The highest BCUT2D eigenvalue weighted by atomic mass is 79.9. The van der Waals surface area contributed by atoms with E-state index in [0.29, 0.717) is 29.1 Å². The molecule has 1 atom stereocenters. The summed E-state index contributed by atoms with van der Waals surface area (Å²) in [6, 6.07) is 14.4. The number of nitrogens with two attached hydrogens (primary N) is 1. The van der Waals surface area contributed by atoms with Gasteiger partial charge in [0.05, 0.1) is 22.2 Å². The van der Waals surface area contributed by atoms with Crippen LogP contribution < -0.4 is 11.1 Å². The fourth-order valence-corrected chi connectivity index (χ4v) is 5.67. The van der Waals surface area contributed by atoms with Gasteiger partial charge in [-0.2, -0.15) is 13.2 Å². The molecule has 1 aliphatic carbocycles. The molecule has 1 fully saturated rings. The van der Waals surface area contributed by atoms with Crippen molar-refractivity contribution in [2.24, 2.45) is 5.73 Å². The molecule has 0 spiro atoms. The molecule has 4 nitrogen and oxygen atoms in total. The Morgan fingerprint density at radius 1 is 1.03 bits per heavy atom. The summed E-state index contributed by atoms with van der Waals surface area (Å²) in [5, 5.41) is 2.89. The lowest BCUT2D eigenvalue weighted by molar-refractivity contribution is -0.137. The number of urea groups is 1. The number of amides is 2. The maximum absolute atomic E-state index is 14.8. The highest BCUT2D eigenvalue weighted by molar-refractivity contribution is 9.10. The summed E-state index contributed by atoms with van der Waals surface area (Å²) in [4.78, 5) is 16.9. The number of halogens is 5. The van der Waals surface area contributed by atoms with Gasteiger partial charge < -0.3 is 11.1 Å². The first kappa shape index (κ1) is 25.2. The molecule has 1 saturated carbocycles. The second kappa shape index (κ2) is 9.60.